The summed E-state index contributed by atoms with van der Waals surface area (Å²) >= 11 is 0. The fourth-order valence-corrected chi connectivity index (χ4v) is 2.02. The summed E-state index contributed by atoms with van der Waals surface area (Å²) in [6.45, 7) is 0.276. The lowest BCUT2D eigenvalue weighted by Gasteiger charge is -2.17. The van der Waals surface area contributed by atoms with E-state index in [2.05, 4.69) is 10.6 Å². The summed E-state index contributed by atoms with van der Waals surface area (Å²) in [4.78, 5) is 11.8. The first-order valence-corrected chi connectivity index (χ1v) is 7.27. The molecule has 23 heavy (non-hydrogen) atoms. The van der Waals surface area contributed by atoms with E-state index in [0.717, 1.165) is 5.56 Å². The van der Waals surface area contributed by atoms with Gasteiger partial charge in [-0.15, -0.1) is 0 Å². The lowest BCUT2D eigenvalue weighted by molar-refractivity contribution is 0.214. The maximum Gasteiger partial charge on any atom is 0.315 e. The van der Waals surface area contributed by atoms with Gasteiger partial charge in [0.2, 0.25) is 0 Å². The van der Waals surface area contributed by atoms with E-state index < -0.39 is 12.1 Å². The Morgan fingerprint density at radius 2 is 1.96 bits per heavy atom. The van der Waals surface area contributed by atoms with E-state index in [9.17, 15) is 14.3 Å². The Kier molecular flexibility index (Phi) is 6.38. The van der Waals surface area contributed by atoms with Crippen LogP contribution in [-0.4, -0.2) is 30.9 Å². The molecule has 0 bridgehead atoms. The minimum absolute atomic E-state index is 0.197. The lowest BCUT2D eigenvalue weighted by atomic mass is 10.1. The maximum atomic E-state index is 13.0. The molecule has 122 valence electrons. The molecule has 0 aromatic heterocycles. The van der Waals surface area contributed by atoms with Gasteiger partial charge in [0.05, 0.1) is 19.2 Å². The summed E-state index contributed by atoms with van der Waals surface area (Å²) in [6, 6.07) is 14.1. The summed E-state index contributed by atoms with van der Waals surface area (Å²) in [7, 11) is 0. The van der Waals surface area contributed by atoms with Gasteiger partial charge in [-0.3, -0.25) is 0 Å². The van der Waals surface area contributed by atoms with Crippen LogP contribution in [0.4, 0.5) is 9.18 Å². The van der Waals surface area contributed by atoms with E-state index in [1.54, 1.807) is 12.1 Å². The number of hydrogen-bond donors (Lipinski definition) is 3. The average Bonchev–Trinajstić information content (AvgIpc) is 2.57. The van der Waals surface area contributed by atoms with Crippen molar-refractivity contribution in [1.29, 1.82) is 0 Å². The number of carbonyl (C=O) groups excluding carboxylic acids is 1. The van der Waals surface area contributed by atoms with Crippen LogP contribution in [0.2, 0.25) is 0 Å². The van der Waals surface area contributed by atoms with Crippen LogP contribution in [0.5, 0.6) is 5.75 Å². The topological polar surface area (TPSA) is 70.6 Å². The number of carbonyl (C=O) groups is 1. The molecule has 5 nitrogen and oxygen atoms in total. The molecule has 0 aliphatic carbocycles. The Labute approximate surface area is 134 Å². The molecule has 0 heterocycles. The van der Waals surface area contributed by atoms with Crippen LogP contribution >= 0.6 is 0 Å². The normalized spacial score (nSPS) is 11.6. The number of nitrogens with one attached hydrogen (secondary N) is 2. The standard InChI is InChI=1S/C17H19FN2O3/c18-14-7-4-8-15(11-14)23-10-9-19-17(22)20-16(12-21)13-5-2-1-3-6-13/h1-8,11,16,21H,9-10,12H2,(H2,19,20,22). The third-order valence-corrected chi connectivity index (χ3v) is 3.14. The molecule has 2 rings (SSSR count). The predicted octanol–water partition coefficient (Wildman–Crippen LogP) is 2.24. The zero-order chi connectivity index (χ0) is 16.5. The second-order valence-corrected chi connectivity index (χ2v) is 4.85. The number of hydrogen-bond acceptors (Lipinski definition) is 3. The first-order valence-electron chi connectivity index (χ1n) is 7.27. The number of aliphatic hydroxyl groups is 1. The van der Waals surface area contributed by atoms with Gasteiger partial charge in [-0.2, -0.15) is 0 Å². The molecule has 6 heteroatoms. The average molecular weight is 318 g/mol. The molecule has 1 atom stereocenters. The smallest absolute Gasteiger partial charge is 0.315 e. The molecule has 0 spiro atoms. The molecule has 0 radical (unpaired) electrons. The molecular weight excluding hydrogens is 299 g/mol. The van der Waals surface area contributed by atoms with Gasteiger partial charge in [0.25, 0.3) is 0 Å². The summed E-state index contributed by atoms with van der Waals surface area (Å²) in [5, 5.41) is 14.7. The van der Waals surface area contributed by atoms with Crippen LogP contribution < -0.4 is 15.4 Å². The first kappa shape index (κ1) is 16.8. The quantitative estimate of drug-likeness (QED) is 0.686. The number of halogens is 1. The molecule has 0 saturated heterocycles. The Hall–Kier alpha value is -2.60. The van der Waals surface area contributed by atoms with Crippen molar-refractivity contribution in [2.45, 2.75) is 6.04 Å². The molecule has 0 aliphatic rings. The van der Waals surface area contributed by atoms with Crippen molar-refractivity contribution in [2.75, 3.05) is 19.8 Å². The van der Waals surface area contributed by atoms with E-state index in [4.69, 9.17) is 4.74 Å². The number of rotatable bonds is 7. The first-order chi connectivity index (χ1) is 11.2. The van der Waals surface area contributed by atoms with Gasteiger partial charge in [-0.25, -0.2) is 9.18 Å². The SMILES string of the molecule is O=C(NCCOc1cccc(F)c1)NC(CO)c1ccccc1. The third-order valence-electron chi connectivity index (χ3n) is 3.14. The van der Waals surface area contributed by atoms with Crippen molar-refractivity contribution >= 4 is 6.03 Å². The third kappa shape index (κ3) is 5.60. The monoisotopic (exact) mass is 318 g/mol. The number of aliphatic hydroxyl groups excluding tert-OH is 1. The van der Waals surface area contributed by atoms with Crippen LogP contribution in [-0.2, 0) is 0 Å². The van der Waals surface area contributed by atoms with Gasteiger partial charge in [-0.1, -0.05) is 36.4 Å². The van der Waals surface area contributed by atoms with Gasteiger partial charge in [0, 0.05) is 6.07 Å². The molecule has 2 aromatic rings. The Bertz CT molecular complexity index is 622. The minimum atomic E-state index is -0.472. The second kappa shape index (κ2) is 8.75. The van der Waals surface area contributed by atoms with Gasteiger partial charge in [0.1, 0.15) is 18.2 Å². The molecule has 3 N–H and O–H groups in total. The van der Waals surface area contributed by atoms with Crippen LogP contribution in [0.3, 0.4) is 0 Å². The van der Waals surface area contributed by atoms with Gasteiger partial charge in [-0.05, 0) is 17.7 Å². The zero-order valence-corrected chi connectivity index (χ0v) is 12.5. The molecular formula is C17H19FN2O3. The highest BCUT2D eigenvalue weighted by atomic mass is 19.1. The number of amides is 2. The molecule has 2 aromatic carbocycles. The summed E-state index contributed by atoms with van der Waals surface area (Å²) in [5.74, 6) is 0.0339. The highest BCUT2D eigenvalue weighted by molar-refractivity contribution is 5.74. The Balaban J connectivity index is 1.72. The largest absolute Gasteiger partial charge is 0.492 e. The zero-order valence-electron chi connectivity index (χ0n) is 12.5. The number of urea groups is 1. The number of benzene rings is 2. The fraction of sp³-hybridized carbons (Fsp3) is 0.235. The van der Waals surface area contributed by atoms with Crippen LogP contribution in [0.25, 0.3) is 0 Å². The number of ether oxygens (including phenoxy) is 1. The molecule has 0 fully saturated rings. The van der Waals surface area contributed by atoms with Crippen molar-refractivity contribution < 1.29 is 19.0 Å². The van der Waals surface area contributed by atoms with E-state index >= 15 is 0 Å². The predicted molar refractivity (Wildman–Crippen MR) is 84.7 cm³/mol. The fourth-order valence-electron chi connectivity index (χ4n) is 2.02. The van der Waals surface area contributed by atoms with Crippen LogP contribution in [0, 0.1) is 5.82 Å². The van der Waals surface area contributed by atoms with Gasteiger partial charge >= 0.3 is 6.03 Å². The summed E-state index contributed by atoms with van der Waals surface area (Å²) in [6.07, 6.45) is 0. The van der Waals surface area contributed by atoms with Gasteiger partial charge in [0.15, 0.2) is 0 Å². The van der Waals surface area contributed by atoms with E-state index in [1.807, 2.05) is 30.3 Å². The van der Waals surface area contributed by atoms with E-state index in [1.165, 1.54) is 12.1 Å². The van der Waals surface area contributed by atoms with E-state index in [0.29, 0.717) is 5.75 Å². The van der Waals surface area contributed by atoms with Crippen LogP contribution in [0.1, 0.15) is 11.6 Å². The molecule has 0 aliphatic heterocycles. The van der Waals surface area contributed by atoms with Crippen molar-refractivity contribution in [2.24, 2.45) is 0 Å². The minimum Gasteiger partial charge on any atom is -0.492 e. The highest BCUT2D eigenvalue weighted by Gasteiger charge is 2.12. The van der Waals surface area contributed by atoms with Crippen molar-refractivity contribution in [3.63, 3.8) is 0 Å². The van der Waals surface area contributed by atoms with Gasteiger partial charge < -0.3 is 20.5 Å². The molecule has 2 amide bonds. The second-order valence-electron chi connectivity index (χ2n) is 4.85. The molecule has 0 saturated carbocycles. The maximum absolute atomic E-state index is 13.0. The highest BCUT2D eigenvalue weighted by Crippen LogP contribution is 2.12. The van der Waals surface area contributed by atoms with Crippen LogP contribution in [0.15, 0.2) is 54.6 Å². The Morgan fingerprint density at radius 3 is 2.65 bits per heavy atom. The van der Waals surface area contributed by atoms with Crippen molar-refractivity contribution in [3.05, 3.63) is 66.0 Å². The van der Waals surface area contributed by atoms with Crippen molar-refractivity contribution in [3.8, 4) is 5.75 Å². The molecule has 1 unspecified atom stereocenters. The van der Waals surface area contributed by atoms with Crippen molar-refractivity contribution in [1.82, 2.24) is 10.6 Å². The van der Waals surface area contributed by atoms with E-state index in [-0.39, 0.29) is 25.6 Å². The summed E-state index contributed by atoms with van der Waals surface area (Å²) in [5.41, 5.74) is 0.821. The lowest BCUT2D eigenvalue weighted by Crippen LogP contribution is -2.40. The Morgan fingerprint density at radius 1 is 1.17 bits per heavy atom. The summed E-state index contributed by atoms with van der Waals surface area (Å²) < 4.78 is 18.3.